The highest BCUT2D eigenvalue weighted by atomic mass is 16.8. The van der Waals surface area contributed by atoms with Gasteiger partial charge in [0.15, 0.2) is 31.5 Å². The third-order valence-electron chi connectivity index (χ3n) is 13.7. The number of hydrogen-bond acceptors (Lipinski definition) is 23. The minimum Gasteiger partial charge on any atom is -0.481 e. The van der Waals surface area contributed by atoms with E-state index in [0.29, 0.717) is 19.3 Å². The Balaban J connectivity index is 1.26. The normalized spacial score (nSPS) is 44.8. The van der Waals surface area contributed by atoms with E-state index < -0.39 is 160 Å². The molecule has 5 heterocycles. The first-order valence-electron chi connectivity index (χ1n) is 24.6. The number of aliphatic hydroxyl groups excluding tert-OH is 12. The van der Waals surface area contributed by atoms with E-state index in [1.54, 1.807) is 0 Å². The number of aliphatic hydroxyl groups is 12. The molecule has 0 bridgehead atoms. The van der Waals surface area contributed by atoms with E-state index >= 15 is 0 Å². The molecule has 5 aliphatic heterocycles. The van der Waals surface area contributed by atoms with Crippen molar-refractivity contribution >= 4 is 5.97 Å². The third kappa shape index (κ3) is 15.3. The van der Waals surface area contributed by atoms with Gasteiger partial charge in [0.1, 0.15) is 97.7 Å². The van der Waals surface area contributed by atoms with Crippen LogP contribution in [0.25, 0.3) is 0 Å². The van der Waals surface area contributed by atoms with E-state index in [1.807, 2.05) is 0 Å². The molecule has 5 aliphatic rings. The first-order valence-corrected chi connectivity index (χ1v) is 24.6. The Kier molecular flexibility index (Phi) is 23.5. The van der Waals surface area contributed by atoms with Gasteiger partial charge in [-0.05, 0) is 40.0 Å². The lowest BCUT2D eigenvalue weighted by Crippen LogP contribution is -2.67. The first-order chi connectivity index (χ1) is 32.8. The predicted octanol–water partition coefficient (Wildman–Crippen LogP) is -2.63. The van der Waals surface area contributed by atoms with Crippen molar-refractivity contribution in [3.63, 3.8) is 0 Å². The van der Waals surface area contributed by atoms with Crippen LogP contribution in [0.2, 0.25) is 0 Å². The van der Waals surface area contributed by atoms with Gasteiger partial charge < -0.3 is 114 Å². The first kappa shape index (κ1) is 58.5. The van der Waals surface area contributed by atoms with Crippen molar-refractivity contribution in [2.24, 2.45) is 0 Å². The predicted molar refractivity (Wildman–Crippen MR) is 232 cm³/mol. The van der Waals surface area contributed by atoms with Crippen molar-refractivity contribution in [3.05, 3.63) is 0 Å². The van der Waals surface area contributed by atoms with E-state index in [2.05, 4.69) is 6.92 Å². The largest absolute Gasteiger partial charge is 0.481 e. The summed E-state index contributed by atoms with van der Waals surface area (Å²) in [7, 11) is 0. The average molecular weight is 1010 g/mol. The Labute approximate surface area is 401 Å². The summed E-state index contributed by atoms with van der Waals surface area (Å²) in [6.45, 7) is 5.31. The van der Waals surface area contributed by atoms with Crippen molar-refractivity contribution in [2.75, 3.05) is 13.2 Å². The number of aliphatic carboxylic acids is 1. The van der Waals surface area contributed by atoms with Gasteiger partial charge in [-0.15, -0.1) is 0 Å². The Hall–Kier alpha value is -1.41. The Morgan fingerprint density at radius 2 is 0.971 bits per heavy atom. The zero-order valence-electron chi connectivity index (χ0n) is 39.8. The lowest BCUT2D eigenvalue weighted by atomic mass is 9.95. The van der Waals surface area contributed by atoms with Gasteiger partial charge in [0.25, 0.3) is 0 Å². The summed E-state index contributed by atoms with van der Waals surface area (Å²) < 4.78 is 59.6. The summed E-state index contributed by atoms with van der Waals surface area (Å²) >= 11 is 0. The fraction of sp³-hybridized carbons (Fsp3) is 0.978. The van der Waals surface area contributed by atoms with Crippen LogP contribution in [0, 0.1) is 0 Å². The molecule has 0 unspecified atom stereocenters. The van der Waals surface area contributed by atoms with Crippen molar-refractivity contribution in [1.29, 1.82) is 0 Å². The molecule has 69 heavy (non-hydrogen) atoms. The summed E-state index contributed by atoms with van der Waals surface area (Å²) in [5.74, 6) is -0.793. The lowest BCUT2D eigenvalue weighted by molar-refractivity contribution is -0.399. The van der Waals surface area contributed by atoms with Gasteiger partial charge >= 0.3 is 5.97 Å². The molecule has 0 saturated carbocycles. The topological polar surface area (TPSA) is 372 Å². The molecule has 404 valence electrons. The molecular formula is C45H80O24. The molecule has 0 aromatic rings. The number of unbranched alkanes of at least 4 members (excludes halogenated alkanes) is 8. The Morgan fingerprint density at radius 1 is 0.493 bits per heavy atom. The summed E-state index contributed by atoms with van der Waals surface area (Å²) in [5, 5.41) is 139. The van der Waals surface area contributed by atoms with E-state index in [9.17, 15) is 66.1 Å². The van der Waals surface area contributed by atoms with Gasteiger partial charge in [-0.25, -0.2) is 0 Å². The maximum atomic E-state index is 11.9. The summed E-state index contributed by atoms with van der Waals surface area (Å²) in [6.07, 6.45) is -27.9. The van der Waals surface area contributed by atoms with Gasteiger partial charge in [0.05, 0.1) is 37.6 Å². The number of carboxylic acid groups (broad SMARTS) is 1. The van der Waals surface area contributed by atoms with Crippen LogP contribution in [0.3, 0.4) is 0 Å². The molecular weight excluding hydrogens is 924 g/mol. The van der Waals surface area contributed by atoms with Crippen molar-refractivity contribution < 1.29 is 119 Å². The zero-order chi connectivity index (χ0) is 50.7. The van der Waals surface area contributed by atoms with Crippen LogP contribution >= 0.6 is 0 Å². The number of carboxylic acids is 1. The van der Waals surface area contributed by atoms with Crippen molar-refractivity contribution in [1.82, 2.24) is 0 Å². The highest BCUT2D eigenvalue weighted by Gasteiger charge is 2.56. The van der Waals surface area contributed by atoms with Crippen LogP contribution in [-0.2, 0) is 52.2 Å². The summed E-state index contributed by atoms with van der Waals surface area (Å²) in [4.78, 5) is 10.8. The van der Waals surface area contributed by atoms with E-state index in [4.69, 9.17) is 52.5 Å². The lowest BCUT2D eigenvalue weighted by Gasteiger charge is -2.50. The van der Waals surface area contributed by atoms with Crippen molar-refractivity contribution in [2.45, 2.75) is 265 Å². The highest BCUT2D eigenvalue weighted by Crippen LogP contribution is 2.37. The third-order valence-corrected chi connectivity index (χ3v) is 13.7. The quantitative estimate of drug-likeness (QED) is 0.0416. The number of ether oxygens (including phenoxy) is 10. The molecule has 0 aliphatic carbocycles. The van der Waals surface area contributed by atoms with Gasteiger partial charge in [0, 0.05) is 6.42 Å². The van der Waals surface area contributed by atoms with Crippen LogP contribution in [-0.4, -0.2) is 239 Å². The zero-order valence-corrected chi connectivity index (χ0v) is 39.8. The molecule has 5 saturated heterocycles. The molecule has 0 radical (unpaired) electrons. The number of rotatable bonds is 25. The van der Waals surface area contributed by atoms with Gasteiger partial charge in [-0.2, -0.15) is 0 Å². The molecule has 0 amide bonds. The molecule has 13 N–H and O–H groups in total. The number of hydrogen-bond donors (Lipinski definition) is 13. The standard InChI is InChI=1S/C45H80O24/c1-5-6-12-15-23(16-13-10-8-7-9-11-14-17-26(48)49)64-45-40(28(51)24(47)19-60-45)69-42-35(58)32(55)37(21(3)62-42)66-44-36(59)39(68-43-34(57)31(54)29(52)25(18-46)65-43)38(22(4)63-44)67-41-33(56)30(53)27(50)20(2)61-41/h20-25,27-47,50-59H,5-19H2,1-4H3,(H,48,49)/t20-,21+,22-,23+,24-,25-,27-,28+,29-,30+,31+,32+,33-,34-,35+,36-,37+,38-,39-,40-,41+,42-,43+,44+,45+/m0/s1. The minimum absolute atomic E-state index is 0.167. The summed E-state index contributed by atoms with van der Waals surface area (Å²) in [6, 6.07) is 0. The molecule has 0 spiro atoms. The second-order valence-corrected chi connectivity index (χ2v) is 19.1. The Morgan fingerprint density at radius 3 is 1.58 bits per heavy atom. The molecule has 5 rings (SSSR count). The molecule has 5 fully saturated rings. The van der Waals surface area contributed by atoms with Crippen LogP contribution in [0.15, 0.2) is 0 Å². The maximum Gasteiger partial charge on any atom is 0.303 e. The van der Waals surface area contributed by atoms with E-state index in [0.717, 1.165) is 57.8 Å². The Bertz CT molecular complexity index is 1480. The van der Waals surface area contributed by atoms with E-state index in [1.165, 1.54) is 20.8 Å². The van der Waals surface area contributed by atoms with Gasteiger partial charge in [-0.3, -0.25) is 4.79 Å². The van der Waals surface area contributed by atoms with Crippen LogP contribution in [0.5, 0.6) is 0 Å². The molecule has 24 heteroatoms. The van der Waals surface area contributed by atoms with E-state index in [-0.39, 0.29) is 19.1 Å². The monoisotopic (exact) mass is 1000 g/mol. The summed E-state index contributed by atoms with van der Waals surface area (Å²) in [5.41, 5.74) is 0. The smallest absolute Gasteiger partial charge is 0.303 e. The average Bonchev–Trinajstić information content (AvgIpc) is 3.31. The van der Waals surface area contributed by atoms with Crippen LogP contribution < -0.4 is 0 Å². The minimum atomic E-state index is -1.95. The fourth-order valence-corrected chi connectivity index (χ4v) is 9.33. The van der Waals surface area contributed by atoms with Crippen LogP contribution in [0.1, 0.15) is 111 Å². The second kappa shape index (κ2) is 27.8. The van der Waals surface area contributed by atoms with Crippen LogP contribution in [0.4, 0.5) is 0 Å². The van der Waals surface area contributed by atoms with Gasteiger partial charge in [-0.1, -0.05) is 64.7 Å². The molecule has 0 aromatic heterocycles. The molecule has 25 atom stereocenters. The maximum absolute atomic E-state index is 11.9. The number of carbonyl (C=O) groups is 1. The fourth-order valence-electron chi connectivity index (χ4n) is 9.33. The van der Waals surface area contributed by atoms with Crippen molar-refractivity contribution in [3.8, 4) is 0 Å². The highest BCUT2D eigenvalue weighted by molar-refractivity contribution is 5.66. The van der Waals surface area contributed by atoms with Gasteiger partial charge in [0.2, 0.25) is 0 Å². The molecule has 0 aromatic carbocycles. The SMILES string of the molecule is CCCCC[C@H](CCCCCCCCCC(=O)O)O[C@H]1OC[C@H](O)[C@@H](O)[C@@H]1O[C@@H]1O[C@H](C)[C@@H](O[C@H]2O[C@@H](C)[C@H](O[C@H]3O[C@@H](C)[C@H](O)[C@@H](O)[C@@H]3O)[C@@H](O[C@H]3O[C@@H](CO)[C@H](O)[C@@H](O)[C@@H]3O)[C@@H]2O)[C@H](O)[C@H]1O. The molecule has 24 nitrogen and oxygen atoms in total. The second-order valence-electron chi connectivity index (χ2n) is 19.1.